The Morgan fingerprint density at radius 2 is 2.22 bits per heavy atom. The second kappa shape index (κ2) is 4.81. The minimum absolute atomic E-state index is 0.0823. The molecule has 96 valence electrons. The van der Waals surface area contributed by atoms with Gasteiger partial charge in [0.05, 0.1) is 4.92 Å². The maximum atomic E-state index is 11.0. The minimum atomic E-state index is -1.12. The van der Waals surface area contributed by atoms with Crippen molar-refractivity contribution in [2.24, 2.45) is 5.92 Å². The fourth-order valence-electron chi connectivity index (χ4n) is 1.62. The van der Waals surface area contributed by atoms with E-state index in [0.29, 0.717) is 0 Å². The van der Waals surface area contributed by atoms with Crippen LogP contribution in [0.15, 0.2) is 18.2 Å². The lowest BCUT2D eigenvalue weighted by molar-refractivity contribution is -0.386. The van der Waals surface area contributed by atoms with Crippen LogP contribution < -0.4 is 4.74 Å². The van der Waals surface area contributed by atoms with Gasteiger partial charge in [-0.05, 0) is 18.9 Å². The van der Waals surface area contributed by atoms with Crippen LogP contribution in [0.1, 0.15) is 12.8 Å². The van der Waals surface area contributed by atoms with Gasteiger partial charge in [-0.25, -0.2) is 4.79 Å². The molecule has 1 fully saturated rings. The third-order valence-corrected chi connectivity index (χ3v) is 2.90. The van der Waals surface area contributed by atoms with Crippen LogP contribution in [0.25, 0.3) is 0 Å². The normalized spacial score (nSPS) is 16.1. The Morgan fingerprint density at radius 3 is 2.72 bits per heavy atom. The van der Waals surface area contributed by atoms with E-state index in [1.807, 2.05) is 0 Å². The number of halogens is 1. The van der Waals surface area contributed by atoms with Crippen LogP contribution in [0, 0.1) is 16.0 Å². The fraction of sp³-hybridized carbons (Fsp3) is 0.364. The van der Waals surface area contributed by atoms with Crippen molar-refractivity contribution in [2.75, 3.05) is 0 Å². The molecule has 0 saturated heterocycles. The van der Waals surface area contributed by atoms with Crippen LogP contribution in [0.3, 0.4) is 0 Å². The minimum Gasteiger partial charge on any atom is -0.478 e. The standard InChI is InChI=1S/C11H10ClNO5/c12-7-3-4-8(13(16)17)9(5-7)18-10(11(14)15)6-1-2-6/h3-6,10H,1-2H2,(H,14,15). The number of ether oxygens (including phenoxy) is 1. The first-order valence-corrected chi connectivity index (χ1v) is 5.70. The van der Waals surface area contributed by atoms with Crippen LogP contribution in [-0.2, 0) is 4.79 Å². The van der Waals surface area contributed by atoms with Crippen molar-refractivity contribution >= 4 is 23.3 Å². The van der Waals surface area contributed by atoms with E-state index in [1.54, 1.807) is 0 Å². The van der Waals surface area contributed by atoms with E-state index < -0.39 is 17.0 Å². The highest BCUT2D eigenvalue weighted by Gasteiger charge is 2.39. The molecular formula is C11H10ClNO5. The van der Waals surface area contributed by atoms with Gasteiger partial charge in [0.1, 0.15) is 0 Å². The number of nitro benzene ring substituents is 1. The van der Waals surface area contributed by atoms with Crippen LogP contribution in [0.2, 0.25) is 5.02 Å². The monoisotopic (exact) mass is 271 g/mol. The van der Waals surface area contributed by atoms with Crippen molar-refractivity contribution in [3.63, 3.8) is 0 Å². The molecule has 0 heterocycles. The van der Waals surface area contributed by atoms with Gasteiger partial charge in [0.2, 0.25) is 0 Å². The van der Waals surface area contributed by atoms with Crippen molar-refractivity contribution < 1.29 is 19.6 Å². The lowest BCUT2D eigenvalue weighted by atomic mass is 10.2. The molecule has 2 rings (SSSR count). The van der Waals surface area contributed by atoms with E-state index in [1.165, 1.54) is 18.2 Å². The molecule has 1 atom stereocenters. The van der Waals surface area contributed by atoms with Crippen molar-refractivity contribution in [3.8, 4) is 5.75 Å². The Labute approximate surface area is 107 Å². The highest BCUT2D eigenvalue weighted by molar-refractivity contribution is 6.30. The SMILES string of the molecule is O=C(O)C(Oc1cc(Cl)ccc1[N+](=O)[O-])C1CC1. The molecule has 1 aromatic rings. The summed E-state index contributed by atoms with van der Waals surface area (Å²) in [7, 11) is 0. The van der Waals surface area contributed by atoms with Crippen molar-refractivity contribution in [1.82, 2.24) is 0 Å². The maximum Gasteiger partial charge on any atom is 0.345 e. The Morgan fingerprint density at radius 1 is 1.56 bits per heavy atom. The Kier molecular flexibility index (Phi) is 3.38. The summed E-state index contributed by atoms with van der Waals surface area (Å²) in [5.74, 6) is -1.31. The average Bonchev–Trinajstić information content (AvgIpc) is 3.08. The number of nitro groups is 1. The van der Waals surface area contributed by atoms with E-state index in [0.717, 1.165) is 12.8 Å². The number of hydrogen-bond acceptors (Lipinski definition) is 4. The molecule has 0 amide bonds. The molecule has 0 spiro atoms. The number of carboxylic acid groups (broad SMARTS) is 1. The van der Waals surface area contributed by atoms with Crippen molar-refractivity contribution in [2.45, 2.75) is 18.9 Å². The van der Waals surface area contributed by atoms with E-state index in [9.17, 15) is 14.9 Å². The smallest absolute Gasteiger partial charge is 0.345 e. The first-order valence-electron chi connectivity index (χ1n) is 5.32. The van der Waals surface area contributed by atoms with Crippen LogP contribution in [0.4, 0.5) is 5.69 Å². The Bertz CT molecular complexity index is 500. The maximum absolute atomic E-state index is 11.0. The summed E-state index contributed by atoms with van der Waals surface area (Å²) >= 11 is 5.73. The lowest BCUT2D eigenvalue weighted by Gasteiger charge is -2.14. The summed E-state index contributed by atoms with van der Waals surface area (Å²) in [6.45, 7) is 0. The molecule has 1 unspecified atom stereocenters. The Hall–Kier alpha value is -1.82. The first kappa shape index (κ1) is 12.6. The summed E-state index contributed by atoms with van der Waals surface area (Å²) in [5, 5.41) is 20.1. The van der Waals surface area contributed by atoms with Crippen LogP contribution in [-0.4, -0.2) is 22.1 Å². The molecule has 1 saturated carbocycles. The summed E-state index contributed by atoms with van der Waals surface area (Å²) < 4.78 is 5.25. The second-order valence-electron chi connectivity index (χ2n) is 4.08. The highest BCUT2D eigenvalue weighted by atomic mass is 35.5. The number of hydrogen-bond donors (Lipinski definition) is 1. The third kappa shape index (κ3) is 2.70. The predicted molar refractivity (Wildman–Crippen MR) is 62.9 cm³/mol. The molecule has 1 aliphatic rings. The summed E-state index contributed by atoms with van der Waals surface area (Å²) in [6, 6.07) is 3.82. The number of benzene rings is 1. The van der Waals surface area contributed by atoms with Gasteiger partial charge in [0.25, 0.3) is 0 Å². The lowest BCUT2D eigenvalue weighted by Crippen LogP contribution is -2.29. The molecule has 0 aliphatic heterocycles. The molecule has 0 radical (unpaired) electrons. The molecule has 1 aliphatic carbocycles. The largest absolute Gasteiger partial charge is 0.478 e. The van der Waals surface area contributed by atoms with Gasteiger partial charge in [-0.3, -0.25) is 10.1 Å². The quantitative estimate of drug-likeness (QED) is 0.656. The topological polar surface area (TPSA) is 89.7 Å². The number of aliphatic carboxylic acids is 1. The van der Waals surface area contributed by atoms with Gasteiger partial charge in [-0.1, -0.05) is 11.6 Å². The molecule has 6 nitrogen and oxygen atoms in total. The summed E-state index contributed by atoms with van der Waals surface area (Å²) in [4.78, 5) is 21.2. The third-order valence-electron chi connectivity index (χ3n) is 2.67. The summed E-state index contributed by atoms with van der Waals surface area (Å²) in [5.41, 5.74) is -0.286. The van der Waals surface area contributed by atoms with Gasteiger partial charge in [-0.15, -0.1) is 0 Å². The fourth-order valence-corrected chi connectivity index (χ4v) is 1.78. The van der Waals surface area contributed by atoms with Gasteiger partial charge in [0, 0.05) is 23.1 Å². The first-order chi connectivity index (χ1) is 8.49. The average molecular weight is 272 g/mol. The van der Waals surface area contributed by atoms with Crippen LogP contribution >= 0.6 is 11.6 Å². The Balaban J connectivity index is 2.28. The zero-order chi connectivity index (χ0) is 13.3. The van der Waals surface area contributed by atoms with Gasteiger partial charge < -0.3 is 9.84 Å². The van der Waals surface area contributed by atoms with Crippen LogP contribution in [0.5, 0.6) is 5.75 Å². The molecule has 1 N–H and O–H groups in total. The molecule has 0 bridgehead atoms. The van der Waals surface area contributed by atoms with Gasteiger partial charge in [-0.2, -0.15) is 0 Å². The molecule has 7 heteroatoms. The van der Waals surface area contributed by atoms with Gasteiger partial charge in [0.15, 0.2) is 11.9 Å². The zero-order valence-electron chi connectivity index (χ0n) is 9.21. The predicted octanol–water partition coefficient (Wildman–Crippen LogP) is 2.49. The summed E-state index contributed by atoms with van der Waals surface area (Å²) in [6.07, 6.45) is 0.457. The van der Waals surface area contributed by atoms with Gasteiger partial charge >= 0.3 is 11.7 Å². The molecule has 1 aromatic carbocycles. The number of carbonyl (C=O) groups is 1. The van der Waals surface area contributed by atoms with Crippen molar-refractivity contribution in [3.05, 3.63) is 33.3 Å². The second-order valence-corrected chi connectivity index (χ2v) is 4.52. The van der Waals surface area contributed by atoms with E-state index in [2.05, 4.69) is 0 Å². The van der Waals surface area contributed by atoms with E-state index in [4.69, 9.17) is 21.4 Å². The number of nitrogens with zero attached hydrogens (tertiary/aromatic N) is 1. The number of rotatable bonds is 5. The van der Waals surface area contributed by atoms with Crippen molar-refractivity contribution in [1.29, 1.82) is 0 Å². The highest BCUT2D eigenvalue weighted by Crippen LogP contribution is 2.38. The van der Waals surface area contributed by atoms with E-state index >= 15 is 0 Å². The van der Waals surface area contributed by atoms with E-state index in [-0.39, 0.29) is 22.4 Å². The molecule has 18 heavy (non-hydrogen) atoms. The zero-order valence-corrected chi connectivity index (χ0v) is 9.96. The molecular weight excluding hydrogens is 262 g/mol. The molecule has 0 aromatic heterocycles. The number of carboxylic acids is 1.